The van der Waals surface area contributed by atoms with Crippen LogP contribution >= 0.6 is 0 Å². The van der Waals surface area contributed by atoms with Crippen molar-refractivity contribution in [2.45, 2.75) is 0 Å². The second kappa shape index (κ2) is 4.85. The van der Waals surface area contributed by atoms with Gasteiger partial charge in [0.05, 0.1) is 0 Å². The predicted molar refractivity (Wildman–Crippen MR) is 45.7 cm³/mol. The molecule has 0 heterocycles. The maximum atomic E-state index is 12.6. The lowest BCUT2D eigenvalue weighted by Crippen LogP contribution is -2.16. The summed E-state index contributed by atoms with van der Waals surface area (Å²) in [6.07, 6.45) is 0. The molecule has 0 amide bonds. The van der Waals surface area contributed by atoms with Crippen molar-refractivity contribution in [2.75, 3.05) is 20.2 Å². The van der Waals surface area contributed by atoms with Crippen LogP contribution in [0.15, 0.2) is 12.1 Å². The normalized spacial score (nSPS) is 10.3. The van der Waals surface area contributed by atoms with E-state index in [0.29, 0.717) is 6.54 Å². The van der Waals surface area contributed by atoms with Crippen molar-refractivity contribution in [3.8, 4) is 5.75 Å². The first kappa shape index (κ1) is 10.8. The highest BCUT2D eigenvalue weighted by molar-refractivity contribution is 5.24. The molecule has 0 aliphatic carbocycles. The Labute approximate surface area is 79.7 Å². The molecule has 0 radical (unpaired) electrons. The van der Waals surface area contributed by atoms with Crippen molar-refractivity contribution in [3.63, 3.8) is 0 Å². The molecule has 5 heteroatoms. The van der Waals surface area contributed by atoms with E-state index in [1.165, 1.54) is 0 Å². The van der Waals surface area contributed by atoms with Gasteiger partial charge in [0.2, 0.25) is 0 Å². The van der Waals surface area contributed by atoms with E-state index in [4.69, 9.17) is 4.74 Å². The minimum Gasteiger partial charge on any atom is -0.492 e. The van der Waals surface area contributed by atoms with Crippen LogP contribution in [0.3, 0.4) is 0 Å². The van der Waals surface area contributed by atoms with Gasteiger partial charge in [0.1, 0.15) is 12.4 Å². The largest absolute Gasteiger partial charge is 0.492 e. The monoisotopic (exact) mass is 205 g/mol. The second-order valence-corrected chi connectivity index (χ2v) is 2.65. The Bertz CT molecular complexity index is 294. The highest BCUT2D eigenvalue weighted by Crippen LogP contribution is 2.18. The molecule has 0 bridgehead atoms. The average molecular weight is 205 g/mol. The Balaban J connectivity index is 2.69. The molecule has 0 spiro atoms. The summed E-state index contributed by atoms with van der Waals surface area (Å²) >= 11 is 0. The summed E-state index contributed by atoms with van der Waals surface area (Å²) in [5.41, 5.74) is 0. The van der Waals surface area contributed by atoms with Crippen molar-refractivity contribution in [2.24, 2.45) is 0 Å². The smallest absolute Gasteiger partial charge is 0.194 e. The van der Waals surface area contributed by atoms with Crippen LogP contribution in [-0.2, 0) is 0 Å². The SMILES string of the molecule is CNCCOc1cc(F)c(F)c(F)c1. The Morgan fingerprint density at radius 3 is 2.29 bits per heavy atom. The van der Waals surface area contributed by atoms with E-state index in [1.807, 2.05) is 0 Å². The Hall–Kier alpha value is -1.23. The number of benzene rings is 1. The minimum atomic E-state index is -1.48. The van der Waals surface area contributed by atoms with Gasteiger partial charge < -0.3 is 10.1 Å². The molecule has 0 aromatic heterocycles. The topological polar surface area (TPSA) is 21.3 Å². The summed E-state index contributed by atoms with van der Waals surface area (Å²) < 4.78 is 42.7. The molecule has 0 saturated heterocycles. The molecular formula is C9H10F3NO. The van der Waals surface area contributed by atoms with Gasteiger partial charge in [-0.3, -0.25) is 0 Å². The summed E-state index contributed by atoms with van der Waals surface area (Å²) in [6.45, 7) is 0.807. The molecule has 1 N–H and O–H groups in total. The number of nitrogens with one attached hydrogen (secondary N) is 1. The molecule has 0 saturated carbocycles. The summed E-state index contributed by atoms with van der Waals surface area (Å²) in [5, 5.41) is 2.79. The lowest BCUT2D eigenvalue weighted by Gasteiger charge is -2.06. The van der Waals surface area contributed by atoms with Crippen molar-refractivity contribution in [3.05, 3.63) is 29.6 Å². The van der Waals surface area contributed by atoms with Crippen LogP contribution in [0.5, 0.6) is 5.75 Å². The van der Waals surface area contributed by atoms with Gasteiger partial charge in [-0.15, -0.1) is 0 Å². The zero-order chi connectivity index (χ0) is 10.6. The zero-order valence-electron chi connectivity index (χ0n) is 7.61. The zero-order valence-corrected chi connectivity index (χ0v) is 7.61. The Kier molecular flexibility index (Phi) is 3.76. The molecule has 0 aliphatic rings. The van der Waals surface area contributed by atoms with E-state index in [0.717, 1.165) is 12.1 Å². The van der Waals surface area contributed by atoms with E-state index in [-0.39, 0.29) is 12.4 Å². The van der Waals surface area contributed by atoms with Crippen LogP contribution < -0.4 is 10.1 Å². The van der Waals surface area contributed by atoms with Crippen LogP contribution in [0.4, 0.5) is 13.2 Å². The molecule has 1 aromatic rings. The van der Waals surface area contributed by atoms with Gasteiger partial charge >= 0.3 is 0 Å². The maximum absolute atomic E-state index is 12.6. The van der Waals surface area contributed by atoms with E-state index >= 15 is 0 Å². The van der Waals surface area contributed by atoms with Crippen molar-refractivity contribution in [1.82, 2.24) is 5.32 Å². The van der Waals surface area contributed by atoms with Gasteiger partial charge in [-0.2, -0.15) is 0 Å². The van der Waals surface area contributed by atoms with Crippen molar-refractivity contribution < 1.29 is 17.9 Å². The van der Waals surface area contributed by atoms with Crippen LogP contribution in [-0.4, -0.2) is 20.2 Å². The third-order valence-corrected chi connectivity index (χ3v) is 1.58. The number of hydrogen-bond donors (Lipinski definition) is 1. The van der Waals surface area contributed by atoms with Gasteiger partial charge in [0, 0.05) is 18.7 Å². The quantitative estimate of drug-likeness (QED) is 0.596. The van der Waals surface area contributed by atoms with Crippen LogP contribution in [0, 0.1) is 17.5 Å². The summed E-state index contributed by atoms with van der Waals surface area (Å²) in [7, 11) is 1.72. The minimum absolute atomic E-state index is 0.0170. The fourth-order valence-corrected chi connectivity index (χ4v) is 0.887. The molecule has 0 fully saturated rings. The third kappa shape index (κ3) is 2.63. The first-order valence-electron chi connectivity index (χ1n) is 4.07. The summed E-state index contributed by atoms with van der Waals surface area (Å²) in [6, 6.07) is 1.63. The molecular weight excluding hydrogens is 195 g/mol. The van der Waals surface area contributed by atoms with E-state index < -0.39 is 17.5 Å². The maximum Gasteiger partial charge on any atom is 0.194 e. The molecule has 2 nitrogen and oxygen atoms in total. The Morgan fingerprint density at radius 1 is 1.21 bits per heavy atom. The molecule has 0 unspecified atom stereocenters. The van der Waals surface area contributed by atoms with Crippen LogP contribution in [0.25, 0.3) is 0 Å². The van der Waals surface area contributed by atoms with Crippen LogP contribution in [0.1, 0.15) is 0 Å². The fraction of sp³-hybridized carbons (Fsp3) is 0.333. The molecule has 0 aliphatic heterocycles. The molecule has 1 aromatic carbocycles. The third-order valence-electron chi connectivity index (χ3n) is 1.58. The van der Waals surface area contributed by atoms with Gasteiger partial charge in [-0.05, 0) is 7.05 Å². The lowest BCUT2D eigenvalue weighted by molar-refractivity contribution is 0.311. The Morgan fingerprint density at radius 2 is 1.79 bits per heavy atom. The molecule has 0 atom stereocenters. The van der Waals surface area contributed by atoms with E-state index in [9.17, 15) is 13.2 Å². The van der Waals surface area contributed by atoms with Gasteiger partial charge in [-0.25, -0.2) is 13.2 Å². The second-order valence-electron chi connectivity index (χ2n) is 2.65. The summed E-state index contributed by atoms with van der Waals surface area (Å²) in [4.78, 5) is 0. The fourth-order valence-electron chi connectivity index (χ4n) is 0.887. The number of likely N-dealkylation sites (N-methyl/N-ethyl adjacent to an activating group) is 1. The first-order chi connectivity index (χ1) is 6.65. The van der Waals surface area contributed by atoms with E-state index in [2.05, 4.69) is 5.32 Å². The van der Waals surface area contributed by atoms with Crippen molar-refractivity contribution in [1.29, 1.82) is 0 Å². The van der Waals surface area contributed by atoms with E-state index in [1.54, 1.807) is 7.05 Å². The first-order valence-corrected chi connectivity index (χ1v) is 4.07. The highest BCUT2D eigenvalue weighted by Gasteiger charge is 2.10. The number of hydrogen-bond acceptors (Lipinski definition) is 2. The molecule has 14 heavy (non-hydrogen) atoms. The average Bonchev–Trinajstić information content (AvgIpc) is 2.14. The predicted octanol–water partition coefficient (Wildman–Crippen LogP) is 1.70. The van der Waals surface area contributed by atoms with Gasteiger partial charge in [-0.1, -0.05) is 0 Å². The standard InChI is InChI=1S/C9H10F3NO/c1-13-2-3-14-6-4-7(10)9(12)8(11)5-6/h4-5,13H,2-3H2,1H3. The number of rotatable bonds is 4. The van der Waals surface area contributed by atoms with Crippen LogP contribution in [0.2, 0.25) is 0 Å². The molecule has 78 valence electrons. The highest BCUT2D eigenvalue weighted by atomic mass is 19.2. The lowest BCUT2D eigenvalue weighted by atomic mass is 10.3. The number of ether oxygens (including phenoxy) is 1. The number of halogens is 3. The van der Waals surface area contributed by atoms with Crippen molar-refractivity contribution >= 4 is 0 Å². The molecule has 1 rings (SSSR count). The summed E-state index contributed by atoms with van der Waals surface area (Å²) in [5.74, 6) is -3.99. The van der Waals surface area contributed by atoms with Gasteiger partial charge in [0.15, 0.2) is 17.5 Å². The van der Waals surface area contributed by atoms with Gasteiger partial charge in [0.25, 0.3) is 0 Å².